The van der Waals surface area contributed by atoms with Crippen molar-refractivity contribution in [2.75, 3.05) is 19.8 Å². The molecule has 0 aliphatic heterocycles. The number of halogens is 1. The summed E-state index contributed by atoms with van der Waals surface area (Å²) in [5, 5.41) is 9.05. The molecule has 0 fully saturated rings. The van der Waals surface area contributed by atoms with E-state index in [9.17, 15) is 4.79 Å². The molecule has 1 heterocycles. The number of carbonyl (C=O) groups excluding carboxylic acids is 1. The Morgan fingerprint density at radius 1 is 0.973 bits per heavy atom. The van der Waals surface area contributed by atoms with Crippen LogP contribution in [0.25, 0.3) is 6.08 Å². The number of ether oxygens (including phenoxy) is 1. The highest BCUT2D eigenvalue weighted by molar-refractivity contribution is 6.60. The van der Waals surface area contributed by atoms with Crippen molar-refractivity contribution in [1.82, 2.24) is 15.0 Å². The first-order valence-corrected chi connectivity index (χ1v) is 14.8. The summed E-state index contributed by atoms with van der Waals surface area (Å²) in [7, 11) is -2.66. The molecule has 0 N–H and O–H groups in total. The van der Waals surface area contributed by atoms with Crippen LogP contribution in [0.5, 0.6) is 5.75 Å². The second-order valence-corrected chi connectivity index (χ2v) is 11.3. The number of aromatic nitrogens is 3. The fourth-order valence-electron chi connectivity index (χ4n) is 3.69. The molecule has 0 saturated carbocycles. The number of benzene rings is 2. The van der Waals surface area contributed by atoms with E-state index < -0.39 is 8.80 Å². The lowest BCUT2D eigenvalue weighted by Gasteiger charge is -2.28. The molecule has 0 amide bonds. The van der Waals surface area contributed by atoms with E-state index in [1.165, 1.54) is 0 Å². The number of hydrogen-bond acceptors (Lipinski definition) is 7. The molecule has 0 unspecified atom stereocenters. The summed E-state index contributed by atoms with van der Waals surface area (Å²) in [4.78, 5) is 12.4. The van der Waals surface area contributed by atoms with Crippen molar-refractivity contribution >= 4 is 32.3 Å². The summed E-state index contributed by atoms with van der Waals surface area (Å²) in [6.45, 7) is 8.50. The molecule has 8 nitrogen and oxygen atoms in total. The van der Waals surface area contributed by atoms with Gasteiger partial charge in [-0.1, -0.05) is 35.0 Å². The minimum absolute atomic E-state index is 0.0884. The second-order valence-electron chi connectivity index (χ2n) is 8.12. The van der Waals surface area contributed by atoms with Crippen LogP contribution >= 0.6 is 11.6 Å². The van der Waals surface area contributed by atoms with Crippen molar-refractivity contribution in [3.05, 3.63) is 82.6 Å². The third kappa shape index (κ3) is 9.21. The molecule has 1 aromatic heterocycles. The van der Waals surface area contributed by atoms with Crippen LogP contribution in [0.15, 0.2) is 60.8 Å². The molecular formula is C27H34ClN3O5Si. The number of ketones is 1. The molecule has 0 bridgehead atoms. The second kappa shape index (κ2) is 14.8. The molecular weight excluding hydrogens is 510 g/mol. The molecule has 0 aliphatic rings. The minimum Gasteiger partial charge on any atom is -0.487 e. The molecule has 10 heteroatoms. The van der Waals surface area contributed by atoms with Crippen molar-refractivity contribution in [2.45, 2.75) is 46.4 Å². The Morgan fingerprint density at radius 2 is 1.62 bits per heavy atom. The smallest absolute Gasteiger partial charge is 0.487 e. The molecule has 37 heavy (non-hydrogen) atoms. The Kier molecular flexibility index (Phi) is 11.5. The van der Waals surface area contributed by atoms with Crippen LogP contribution in [0.4, 0.5) is 0 Å². The third-order valence-corrected chi connectivity index (χ3v) is 8.78. The lowest BCUT2D eigenvalue weighted by molar-refractivity contribution is 0.0704. The third-order valence-electron chi connectivity index (χ3n) is 5.37. The van der Waals surface area contributed by atoms with Gasteiger partial charge in [-0.3, -0.25) is 9.48 Å². The molecule has 0 atom stereocenters. The van der Waals surface area contributed by atoms with Gasteiger partial charge in [0, 0.05) is 43.0 Å². The van der Waals surface area contributed by atoms with E-state index in [2.05, 4.69) is 10.3 Å². The topological polar surface area (TPSA) is 84.7 Å². The predicted octanol–water partition coefficient (Wildman–Crippen LogP) is 5.85. The summed E-state index contributed by atoms with van der Waals surface area (Å²) >= 11 is 5.89. The van der Waals surface area contributed by atoms with Crippen LogP contribution in [-0.2, 0) is 26.4 Å². The number of carbonyl (C=O) groups is 1. The summed E-state index contributed by atoms with van der Waals surface area (Å²) in [5.41, 5.74) is 2.20. The van der Waals surface area contributed by atoms with Crippen molar-refractivity contribution in [3.63, 3.8) is 0 Å². The highest BCUT2D eigenvalue weighted by Gasteiger charge is 2.39. The number of hydrogen-bond donors (Lipinski definition) is 0. The SMILES string of the molecule is CCO[Si](CCCn1cc(COc2ccc(C(=O)/C=C/c3ccc(Cl)cc3)cc2)nn1)(OCC)OCC. The maximum Gasteiger partial charge on any atom is 0.500 e. The van der Waals surface area contributed by atoms with E-state index in [-0.39, 0.29) is 12.4 Å². The maximum absolute atomic E-state index is 12.4. The van der Waals surface area contributed by atoms with Gasteiger partial charge in [-0.15, -0.1) is 5.10 Å². The Morgan fingerprint density at radius 3 is 2.24 bits per heavy atom. The van der Waals surface area contributed by atoms with E-state index in [1.807, 2.05) is 39.1 Å². The zero-order valence-corrected chi connectivity index (χ0v) is 23.3. The molecule has 2 aromatic carbocycles. The summed E-state index contributed by atoms with van der Waals surface area (Å²) in [6, 6.07) is 15.0. The fourth-order valence-corrected chi connectivity index (χ4v) is 6.41. The lowest BCUT2D eigenvalue weighted by atomic mass is 10.1. The molecule has 0 spiro atoms. The van der Waals surface area contributed by atoms with Gasteiger partial charge in [-0.05, 0) is 75.2 Å². The van der Waals surface area contributed by atoms with E-state index in [1.54, 1.807) is 53.2 Å². The first-order chi connectivity index (χ1) is 18.0. The van der Waals surface area contributed by atoms with E-state index >= 15 is 0 Å². The minimum atomic E-state index is -2.66. The number of rotatable bonds is 16. The van der Waals surface area contributed by atoms with Gasteiger partial charge in [0.05, 0.1) is 6.20 Å². The van der Waals surface area contributed by atoms with Gasteiger partial charge in [0.1, 0.15) is 18.1 Å². The molecule has 0 radical (unpaired) electrons. The van der Waals surface area contributed by atoms with E-state index in [0.29, 0.717) is 54.4 Å². The normalized spacial score (nSPS) is 11.8. The first kappa shape index (κ1) is 28.7. The molecule has 3 aromatic rings. The van der Waals surface area contributed by atoms with Gasteiger partial charge in [-0.2, -0.15) is 0 Å². The Labute approximate surface area is 224 Å². The van der Waals surface area contributed by atoms with Gasteiger partial charge in [0.15, 0.2) is 5.78 Å². The highest BCUT2D eigenvalue weighted by Crippen LogP contribution is 2.19. The molecule has 198 valence electrons. The zero-order chi connectivity index (χ0) is 26.5. The largest absolute Gasteiger partial charge is 0.500 e. The van der Waals surface area contributed by atoms with E-state index in [0.717, 1.165) is 12.0 Å². The fraction of sp³-hybridized carbons (Fsp3) is 0.370. The average molecular weight is 544 g/mol. The molecule has 3 rings (SSSR count). The van der Waals surface area contributed by atoms with Gasteiger partial charge >= 0.3 is 8.80 Å². The van der Waals surface area contributed by atoms with Gasteiger partial charge in [-0.25, -0.2) is 0 Å². The van der Waals surface area contributed by atoms with Crippen molar-refractivity contribution in [2.24, 2.45) is 0 Å². The van der Waals surface area contributed by atoms with E-state index in [4.69, 9.17) is 29.6 Å². The summed E-state index contributed by atoms with van der Waals surface area (Å²) < 4.78 is 25.3. The van der Waals surface area contributed by atoms with Crippen LogP contribution in [0, 0.1) is 0 Å². The summed E-state index contributed by atoms with van der Waals surface area (Å²) in [5.74, 6) is 0.559. The number of allylic oxidation sites excluding steroid dienone is 1. The Hall–Kier alpha value is -2.82. The number of nitrogens with zero attached hydrogens (tertiary/aromatic N) is 3. The van der Waals surface area contributed by atoms with Crippen molar-refractivity contribution in [1.29, 1.82) is 0 Å². The highest BCUT2D eigenvalue weighted by atomic mass is 35.5. The van der Waals surface area contributed by atoms with Crippen LogP contribution < -0.4 is 4.74 Å². The Balaban J connectivity index is 1.47. The van der Waals surface area contributed by atoms with Crippen molar-refractivity contribution < 1.29 is 22.8 Å². The van der Waals surface area contributed by atoms with Gasteiger partial charge in [0.2, 0.25) is 0 Å². The van der Waals surface area contributed by atoms with Crippen LogP contribution in [0.2, 0.25) is 11.1 Å². The zero-order valence-electron chi connectivity index (χ0n) is 21.6. The standard InChI is InChI=1S/C27H34ClN3O5Si/c1-4-34-37(35-5-2,36-6-3)19-7-18-31-20-25(29-30-31)21-33-26-15-11-23(12-16-26)27(32)17-10-22-8-13-24(28)14-9-22/h8-17,20H,4-7,18-19,21H2,1-3H3/b17-10+. The quantitative estimate of drug-likeness (QED) is 0.127. The average Bonchev–Trinajstić information content (AvgIpc) is 3.35. The maximum atomic E-state index is 12.4. The lowest BCUT2D eigenvalue weighted by Crippen LogP contribution is -2.46. The van der Waals surface area contributed by atoms with Crippen molar-refractivity contribution in [3.8, 4) is 5.75 Å². The Bertz CT molecular complexity index is 1120. The molecule has 0 saturated heterocycles. The monoisotopic (exact) mass is 543 g/mol. The summed E-state index contributed by atoms with van der Waals surface area (Å²) in [6.07, 6.45) is 5.97. The predicted molar refractivity (Wildman–Crippen MR) is 146 cm³/mol. The first-order valence-electron chi connectivity index (χ1n) is 12.5. The van der Waals surface area contributed by atoms with Crippen LogP contribution in [0.3, 0.4) is 0 Å². The van der Waals surface area contributed by atoms with Gasteiger partial charge in [0.25, 0.3) is 0 Å². The molecule has 0 aliphatic carbocycles. The number of aryl methyl sites for hydroxylation is 1. The van der Waals surface area contributed by atoms with Crippen LogP contribution in [-0.4, -0.2) is 49.4 Å². The van der Waals surface area contributed by atoms with Crippen LogP contribution in [0.1, 0.15) is 48.8 Å². The van der Waals surface area contributed by atoms with Gasteiger partial charge < -0.3 is 18.0 Å².